The zero-order valence-corrected chi connectivity index (χ0v) is 12.2. The van der Waals surface area contributed by atoms with Gasteiger partial charge in [0.2, 0.25) is 0 Å². The lowest BCUT2D eigenvalue weighted by Crippen LogP contribution is -2.20. The largest absolute Gasteiger partial charge is 0.478 e. The zero-order chi connectivity index (χ0) is 14.3. The highest BCUT2D eigenvalue weighted by Crippen LogP contribution is 2.25. The van der Waals surface area contributed by atoms with E-state index in [0.717, 1.165) is 32.1 Å². The SMILES string of the molecule is CCCCC(CCC)Nc1nccc(C(=O)O)c1Cl. The second-order valence-electron chi connectivity index (χ2n) is 4.60. The molecule has 4 nitrogen and oxygen atoms in total. The molecule has 5 heteroatoms. The molecule has 0 aromatic carbocycles. The first-order valence-electron chi connectivity index (χ1n) is 6.74. The summed E-state index contributed by atoms with van der Waals surface area (Å²) in [6.07, 6.45) is 6.87. The van der Waals surface area contributed by atoms with E-state index in [4.69, 9.17) is 16.7 Å². The number of rotatable bonds is 8. The first-order chi connectivity index (χ1) is 9.10. The summed E-state index contributed by atoms with van der Waals surface area (Å²) >= 11 is 6.08. The third-order valence-electron chi connectivity index (χ3n) is 3.00. The van der Waals surface area contributed by atoms with Crippen molar-refractivity contribution in [3.8, 4) is 0 Å². The van der Waals surface area contributed by atoms with Gasteiger partial charge in [0.15, 0.2) is 0 Å². The van der Waals surface area contributed by atoms with Gasteiger partial charge in [-0.1, -0.05) is 44.7 Å². The maximum absolute atomic E-state index is 11.0. The number of nitrogens with zero attached hydrogens (tertiary/aromatic N) is 1. The Hall–Kier alpha value is -1.29. The summed E-state index contributed by atoms with van der Waals surface area (Å²) in [5.41, 5.74) is 0.0879. The number of carbonyl (C=O) groups is 1. The van der Waals surface area contributed by atoms with Crippen LogP contribution in [0.2, 0.25) is 5.02 Å². The van der Waals surface area contributed by atoms with Crippen LogP contribution < -0.4 is 5.32 Å². The van der Waals surface area contributed by atoms with Crippen molar-refractivity contribution < 1.29 is 9.90 Å². The van der Waals surface area contributed by atoms with E-state index in [1.54, 1.807) is 0 Å². The Morgan fingerprint density at radius 2 is 2.16 bits per heavy atom. The summed E-state index contributed by atoms with van der Waals surface area (Å²) in [4.78, 5) is 15.2. The van der Waals surface area contributed by atoms with E-state index >= 15 is 0 Å². The first-order valence-corrected chi connectivity index (χ1v) is 7.12. The van der Waals surface area contributed by atoms with Crippen LogP contribution in [0.15, 0.2) is 12.3 Å². The summed E-state index contributed by atoms with van der Waals surface area (Å²) in [5.74, 6) is -0.563. The molecule has 1 atom stereocenters. The highest BCUT2D eigenvalue weighted by atomic mass is 35.5. The molecule has 106 valence electrons. The standard InChI is InChI=1S/C14H21ClN2O2/c1-3-5-7-10(6-4-2)17-13-12(15)11(14(18)19)8-9-16-13/h8-10H,3-7H2,1-2H3,(H,16,17)(H,18,19). The highest BCUT2D eigenvalue weighted by Gasteiger charge is 2.15. The fraction of sp³-hybridized carbons (Fsp3) is 0.571. The van der Waals surface area contributed by atoms with E-state index in [-0.39, 0.29) is 10.6 Å². The second-order valence-corrected chi connectivity index (χ2v) is 4.98. The van der Waals surface area contributed by atoms with Gasteiger partial charge < -0.3 is 10.4 Å². The van der Waals surface area contributed by atoms with Crippen molar-refractivity contribution in [2.45, 2.75) is 52.0 Å². The lowest BCUT2D eigenvalue weighted by atomic mass is 10.1. The molecule has 1 aromatic rings. The predicted octanol–water partition coefficient (Wildman–Crippen LogP) is 4.20. The van der Waals surface area contributed by atoms with Crippen LogP contribution in [0.25, 0.3) is 0 Å². The second kappa shape index (κ2) is 8.00. The minimum absolute atomic E-state index is 0.0879. The Kier molecular flexibility index (Phi) is 6.64. The number of nitrogens with one attached hydrogen (secondary N) is 1. The number of hydrogen-bond acceptors (Lipinski definition) is 3. The van der Waals surface area contributed by atoms with Crippen LogP contribution >= 0.6 is 11.6 Å². The Balaban J connectivity index is 2.83. The van der Waals surface area contributed by atoms with E-state index in [2.05, 4.69) is 24.1 Å². The van der Waals surface area contributed by atoms with Crippen molar-refractivity contribution >= 4 is 23.4 Å². The molecule has 0 amide bonds. The number of carboxylic acid groups (broad SMARTS) is 1. The number of halogens is 1. The smallest absolute Gasteiger partial charge is 0.337 e. The van der Waals surface area contributed by atoms with Gasteiger partial charge >= 0.3 is 5.97 Å². The van der Waals surface area contributed by atoms with Crippen LogP contribution in [-0.4, -0.2) is 22.1 Å². The molecule has 0 aliphatic heterocycles. The molecule has 1 aromatic heterocycles. The highest BCUT2D eigenvalue weighted by molar-refractivity contribution is 6.35. The molecule has 0 saturated heterocycles. The number of hydrogen-bond donors (Lipinski definition) is 2. The molecule has 0 saturated carbocycles. The lowest BCUT2D eigenvalue weighted by Gasteiger charge is -2.19. The van der Waals surface area contributed by atoms with Gasteiger partial charge in [0.25, 0.3) is 0 Å². The number of anilines is 1. The maximum atomic E-state index is 11.0. The van der Waals surface area contributed by atoms with Gasteiger partial charge in [0.1, 0.15) is 5.82 Å². The molecule has 0 spiro atoms. The van der Waals surface area contributed by atoms with Crippen LogP contribution in [0.1, 0.15) is 56.3 Å². The molecule has 1 rings (SSSR count). The Labute approximate surface area is 119 Å². The number of aromatic nitrogens is 1. The monoisotopic (exact) mass is 284 g/mol. The molecule has 19 heavy (non-hydrogen) atoms. The predicted molar refractivity (Wildman–Crippen MR) is 78.1 cm³/mol. The van der Waals surface area contributed by atoms with Crippen LogP contribution in [0.3, 0.4) is 0 Å². The summed E-state index contributed by atoms with van der Waals surface area (Å²) in [7, 11) is 0. The molecule has 0 aliphatic carbocycles. The third-order valence-corrected chi connectivity index (χ3v) is 3.39. The maximum Gasteiger partial charge on any atom is 0.337 e. The molecule has 2 N–H and O–H groups in total. The topological polar surface area (TPSA) is 62.2 Å². The summed E-state index contributed by atoms with van der Waals surface area (Å²) < 4.78 is 0. The van der Waals surface area contributed by atoms with Crippen LogP contribution in [0.4, 0.5) is 5.82 Å². The van der Waals surface area contributed by atoms with Gasteiger partial charge in [-0.3, -0.25) is 0 Å². The van der Waals surface area contributed by atoms with Gasteiger partial charge in [0.05, 0.1) is 10.6 Å². The van der Waals surface area contributed by atoms with Crippen molar-refractivity contribution in [3.63, 3.8) is 0 Å². The van der Waals surface area contributed by atoms with Crippen molar-refractivity contribution in [1.29, 1.82) is 0 Å². The van der Waals surface area contributed by atoms with E-state index < -0.39 is 5.97 Å². The molecule has 1 heterocycles. The number of pyridine rings is 1. The van der Waals surface area contributed by atoms with Crippen LogP contribution in [-0.2, 0) is 0 Å². The van der Waals surface area contributed by atoms with Crippen molar-refractivity contribution in [3.05, 3.63) is 22.8 Å². The van der Waals surface area contributed by atoms with E-state index in [1.807, 2.05) is 0 Å². The molecule has 0 bridgehead atoms. The lowest BCUT2D eigenvalue weighted by molar-refractivity contribution is 0.0697. The number of unbranched alkanes of at least 4 members (excludes halogenated alkanes) is 1. The fourth-order valence-electron chi connectivity index (χ4n) is 1.99. The normalized spacial score (nSPS) is 12.2. The molecule has 0 aliphatic rings. The first kappa shape index (κ1) is 15.8. The van der Waals surface area contributed by atoms with Crippen molar-refractivity contribution in [2.24, 2.45) is 0 Å². The van der Waals surface area contributed by atoms with E-state index in [1.165, 1.54) is 12.3 Å². The molecular formula is C14H21ClN2O2. The average Bonchev–Trinajstić information content (AvgIpc) is 2.38. The molecule has 0 fully saturated rings. The van der Waals surface area contributed by atoms with Gasteiger partial charge in [-0.15, -0.1) is 0 Å². The van der Waals surface area contributed by atoms with Crippen molar-refractivity contribution in [1.82, 2.24) is 4.98 Å². The van der Waals surface area contributed by atoms with Crippen LogP contribution in [0, 0.1) is 0 Å². The average molecular weight is 285 g/mol. The van der Waals surface area contributed by atoms with E-state index in [9.17, 15) is 4.79 Å². The Morgan fingerprint density at radius 1 is 1.42 bits per heavy atom. The van der Waals surface area contributed by atoms with Gasteiger partial charge in [-0.05, 0) is 18.9 Å². The zero-order valence-electron chi connectivity index (χ0n) is 11.4. The van der Waals surface area contributed by atoms with Crippen molar-refractivity contribution in [2.75, 3.05) is 5.32 Å². The van der Waals surface area contributed by atoms with Gasteiger partial charge in [0, 0.05) is 12.2 Å². The Bertz CT molecular complexity index is 424. The van der Waals surface area contributed by atoms with Gasteiger partial charge in [-0.25, -0.2) is 9.78 Å². The minimum Gasteiger partial charge on any atom is -0.478 e. The Morgan fingerprint density at radius 3 is 2.74 bits per heavy atom. The van der Waals surface area contributed by atoms with E-state index in [0.29, 0.717) is 11.9 Å². The summed E-state index contributed by atoms with van der Waals surface area (Å²) in [5, 5.41) is 12.5. The molecular weight excluding hydrogens is 264 g/mol. The summed E-state index contributed by atoms with van der Waals surface area (Å²) in [6.45, 7) is 4.28. The minimum atomic E-state index is -1.03. The summed E-state index contributed by atoms with van der Waals surface area (Å²) in [6, 6.07) is 1.70. The van der Waals surface area contributed by atoms with Crippen LogP contribution in [0.5, 0.6) is 0 Å². The fourth-order valence-corrected chi connectivity index (χ4v) is 2.24. The molecule has 0 radical (unpaired) electrons. The third kappa shape index (κ3) is 4.71. The number of aromatic carboxylic acids is 1. The number of carboxylic acids is 1. The van der Waals surface area contributed by atoms with Gasteiger partial charge in [-0.2, -0.15) is 0 Å². The molecule has 1 unspecified atom stereocenters. The quantitative estimate of drug-likeness (QED) is 0.751.